The number of hydroxylamine groups is 1. The lowest BCUT2D eigenvalue weighted by Gasteiger charge is -2.08. The van der Waals surface area contributed by atoms with E-state index in [-0.39, 0.29) is 11.4 Å². The summed E-state index contributed by atoms with van der Waals surface area (Å²) >= 11 is 6.21. The third-order valence-corrected chi connectivity index (χ3v) is 3.71. The van der Waals surface area contributed by atoms with E-state index in [1.807, 2.05) is 6.07 Å². The van der Waals surface area contributed by atoms with Crippen LogP contribution < -0.4 is 10.8 Å². The molecule has 0 aliphatic heterocycles. The molecule has 0 unspecified atom stereocenters. The van der Waals surface area contributed by atoms with Gasteiger partial charge in [0.2, 0.25) is 5.82 Å². The number of nitrogens with zero attached hydrogens (tertiary/aromatic N) is 3. The molecule has 3 N–H and O–H groups in total. The van der Waals surface area contributed by atoms with Gasteiger partial charge in [-0.15, -0.1) is 0 Å². The first-order chi connectivity index (χ1) is 12.6. The highest BCUT2D eigenvalue weighted by Gasteiger charge is 2.13. The smallest absolute Gasteiger partial charge is 0.293 e. The number of hydrogen-bond donors (Lipinski definition) is 3. The molecular weight excluding hydrogens is 358 g/mol. The van der Waals surface area contributed by atoms with E-state index in [0.717, 1.165) is 12.4 Å². The monoisotopic (exact) mass is 369 g/mol. The predicted molar refractivity (Wildman–Crippen MR) is 93.9 cm³/mol. The van der Waals surface area contributed by atoms with Gasteiger partial charge in [-0.1, -0.05) is 17.7 Å². The number of carbonyl (C=O) groups is 2. The van der Waals surface area contributed by atoms with Gasteiger partial charge < -0.3 is 5.32 Å². The van der Waals surface area contributed by atoms with Crippen molar-refractivity contribution in [2.75, 3.05) is 5.32 Å². The fourth-order valence-corrected chi connectivity index (χ4v) is 2.35. The first-order valence-electron chi connectivity index (χ1n) is 7.37. The maximum atomic E-state index is 12.3. The highest BCUT2D eigenvalue weighted by atomic mass is 35.5. The number of halogens is 1. The molecule has 2 amide bonds. The number of rotatable bonds is 4. The highest BCUT2D eigenvalue weighted by molar-refractivity contribution is 6.33. The number of aromatic nitrogens is 3. The van der Waals surface area contributed by atoms with E-state index in [4.69, 9.17) is 16.8 Å². The number of amides is 2. The van der Waals surface area contributed by atoms with Gasteiger partial charge in [0.05, 0.1) is 16.3 Å². The van der Waals surface area contributed by atoms with Crippen molar-refractivity contribution >= 4 is 29.1 Å². The minimum atomic E-state index is -0.769. The number of anilines is 1. The van der Waals surface area contributed by atoms with Crippen LogP contribution in [0.15, 0.2) is 55.0 Å². The Labute approximate surface area is 152 Å². The van der Waals surface area contributed by atoms with E-state index in [1.165, 1.54) is 5.48 Å². The van der Waals surface area contributed by atoms with Gasteiger partial charge in [0, 0.05) is 29.8 Å². The van der Waals surface area contributed by atoms with E-state index in [9.17, 15) is 9.59 Å². The summed E-state index contributed by atoms with van der Waals surface area (Å²) in [5.74, 6) is -1.46. The second-order valence-electron chi connectivity index (χ2n) is 5.10. The summed E-state index contributed by atoms with van der Waals surface area (Å²) in [6.45, 7) is 0. The molecule has 3 aromatic rings. The maximum absolute atomic E-state index is 12.3. The van der Waals surface area contributed by atoms with Crippen molar-refractivity contribution < 1.29 is 14.8 Å². The first-order valence-corrected chi connectivity index (χ1v) is 7.75. The van der Waals surface area contributed by atoms with Crippen LogP contribution in [0.25, 0.3) is 11.3 Å². The summed E-state index contributed by atoms with van der Waals surface area (Å²) in [6.07, 6.45) is 3.91. The Morgan fingerprint density at radius 2 is 1.77 bits per heavy atom. The Balaban J connectivity index is 1.80. The average molecular weight is 370 g/mol. The van der Waals surface area contributed by atoms with Gasteiger partial charge >= 0.3 is 0 Å². The zero-order valence-electron chi connectivity index (χ0n) is 13.2. The van der Waals surface area contributed by atoms with Gasteiger partial charge in [-0.05, 0) is 30.3 Å². The SMILES string of the molecule is O=C(NO)c1cnc(C(=O)Nc2ccc(Cl)c(-c3ccccn3)c2)nc1. The average Bonchev–Trinajstić information content (AvgIpc) is 2.69. The van der Waals surface area contributed by atoms with Crippen LogP contribution in [0.3, 0.4) is 0 Å². The molecule has 0 aliphatic rings. The zero-order chi connectivity index (χ0) is 18.5. The van der Waals surface area contributed by atoms with Gasteiger partial charge in [0.1, 0.15) is 0 Å². The molecule has 0 saturated heterocycles. The van der Waals surface area contributed by atoms with E-state index in [0.29, 0.717) is 22.0 Å². The van der Waals surface area contributed by atoms with Crippen molar-refractivity contribution in [3.05, 3.63) is 71.4 Å². The lowest BCUT2D eigenvalue weighted by Crippen LogP contribution is -2.21. The van der Waals surface area contributed by atoms with Crippen molar-refractivity contribution in [3.8, 4) is 11.3 Å². The molecule has 0 fully saturated rings. The lowest BCUT2D eigenvalue weighted by atomic mass is 10.1. The Bertz CT molecular complexity index is 948. The topological polar surface area (TPSA) is 117 Å². The molecule has 8 nitrogen and oxygen atoms in total. The van der Waals surface area contributed by atoms with Gasteiger partial charge in [-0.3, -0.25) is 19.8 Å². The van der Waals surface area contributed by atoms with E-state index < -0.39 is 11.8 Å². The normalized spacial score (nSPS) is 10.2. The molecule has 0 bridgehead atoms. The van der Waals surface area contributed by atoms with Gasteiger partial charge in [0.25, 0.3) is 11.8 Å². The molecule has 130 valence electrons. The molecule has 0 spiro atoms. The van der Waals surface area contributed by atoms with Gasteiger partial charge in [-0.2, -0.15) is 0 Å². The molecule has 0 aliphatic carbocycles. The van der Waals surface area contributed by atoms with Crippen LogP contribution in [-0.4, -0.2) is 32.0 Å². The van der Waals surface area contributed by atoms with Crippen LogP contribution >= 0.6 is 11.6 Å². The number of carbonyl (C=O) groups excluding carboxylic acids is 2. The van der Waals surface area contributed by atoms with Crippen LogP contribution in [0.1, 0.15) is 21.0 Å². The Kier molecular flexibility index (Phi) is 5.16. The Morgan fingerprint density at radius 3 is 2.42 bits per heavy atom. The van der Waals surface area contributed by atoms with Gasteiger partial charge in [-0.25, -0.2) is 15.4 Å². The second-order valence-corrected chi connectivity index (χ2v) is 5.51. The molecular formula is C17H12ClN5O3. The number of nitrogens with one attached hydrogen (secondary N) is 2. The molecule has 1 aromatic carbocycles. The minimum Gasteiger partial charge on any atom is -0.319 e. The quantitative estimate of drug-likeness (QED) is 0.480. The summed E-state index contributed by atoms with van der Waals surface area (Å²) in [7, 11) is 0. The lowest BCUT2D eigenvalue weighted by molar-refractivity contribution is 0.0705. The molecule has 26 heavy (non-hydrogen) atoms. The van der Waals surface area contributed by atoms with Crippen LogP contribution in [0.2, 0.25) is 5.02 Å². The maximum Gasteiger partial charge on any atom is 0.293 e. The summed E-state index contributed by atoms with van der Waals surface area (Å²) in [5, 5.41) is 11.7. The molecule has 0 saturated carbocycles. The third kappa shape index (κ3) is 3.82. The predicted octanol–water partition coefficient (Wildman–Crippen LogP) is 2.56. The third-order valence-electron chi connectivity index (χ3n) is 3.38. The number of hydrogen-bond acceptors (Lipinski definition) is 6. The van der Waals surface area contributed by atoms with Crippen molar-refractivity contribution in [2.45, 2.75) is 0 Å². The molecule has 2 aromatic heterocycles. The molecule has 0 atom stereocenters. The van der Waals surface area contributed by atoms with Crippen LogP contribution in [-0.2, 0) is 0 Å². The molecule has 9 heteroatoms. The zero-order valence-corrected chi connectivity index (χ0v) is 13.9. The first kappa shape index (κ1) is 17.5. The summed E-state index contributed by atoms with van der Waals surface area (Å²) < 4.78 is 0. The van der Waals surface area contributed by atoms with Crippen molar-refractivity contribution in [1.82, 2.24) is 20.4 Å². The van der Waals surface area contributed by atoms with Crippen LogP contribution in [0.5, 0.6) is 0 Å². The Hall–Kier alpha value is -3.36. The van der Waals surface area contributed by atoms with Crippen molar-refractivity contribution in [2.24, 2.45) is 0 Å². The van der Waals surface area contributed by atoms with Crippen LogP contribution in [0.4, 0.5) is 5.69 Å². The number of benzene rings is 1. The number of pyridine rings is 1. The van der Waals surface area contributed by atoms with Crippen molar-refractivity contribution in [1.29, 1.82) is 0 Å². The van der Waals surface area contributed by atoms with E-state index in [2.05, 4.69) is 20.3 Å². The molecule has 0 radical (unpaired) electrons. The largest absolute Gasteiger partial charge is 0.319 e. The molecule has 2 heterocycles. The minimum absolute atomic E-state index is 0.0213. The van der Waals surface area contributed by atoms with E-state index in [1.54, 1.807) is 36.5 Å². The van der Waals surface area contributed by atoms with Crippen LogP contribution in [0, 0.1) is 0 Å². The second kappa shape index (κ2) is 7.68. The van der Waals surface area contributed by atoms with E-state index >= 15 is 0 Å². The van der Waals surface area contributed by atoms with Gasteiger partial charge in [0.15, 0.2) is 0 Å². The Morgan fingerprint density at radius 1 is 1.00 bits per heavy atom. The van der Waals surface area contributed by atoms with Crippen molar-refractivity contribution in [3.63, 3.8) is 0 Å². The fraction of sp³-hybridized carbons (Fsp3) is 0. The summed E-state index contributed by atoms with van der Waals surface area (Å²) in [6, 6.07) is 10.4. The summed E-state index contributed by atoms with van der Waals surface area (Å²) in [5.41, 5.74) is 3.31. The summed E-state index contributed by atoms with van der Waals surface area (Å²) in [4.78, 5) is 35.4. The fourth-order valence-electron chi connectivity index (χ4n) is 2.14. The standard InChI is InChI=1S/C17H12ClN5O3/c18-13-5-4-11(7-12(13)14-3-1-2-6-19-14)22-17(25)15-20-8-10(9-21-15)16(24)23-26/h1-9,26H,(H,22,25)(H,23,24). The highest BCUT2D eigenvalue weighted by Crippen LogP contribution is 2.29. The molecule has 3 rings (SSSR count).